The van der Waals surface area contributed by atoms with Crippen LogP contribution in [-0.2, 0) is 0 Å². The van der Waals surface area contributed by atoms with Gasteiger partial charge >= 0.3 is 0 Å². The van der Waals surface area contributed by atoms with Crippen LogP contribution in [0.1, 0.15) is 18.5 Å². The molecule has 4 heteroatoms. The van der Waals surface area contributed by atoms with Crippen molar-refractivity contribution in [3.63, 3.8) is 0 Å². The van der Waals surface area contributed by atoms with Gasteiger partial charge in [0, 0.05) is 27.1 Å². The van der Waals surface area contributed by atoms with E-state index in [2.05, 4.69) is 27.8 Å². The predicted molar refractivity (Wildman–Crippen MR) is 70.6 cm³/mol. The summed E-state index contributed by atoms with van der Waals surface area (Å²) < 4.78 is 0.977. The molecule has 1 nitrogen and oxygen atoms in total. The Hall–Kier alpha value is -0.0200. The summed E-state index contributed by atoms with van der Waals surface area (Å²) in [4.78, 5) is 0. The molecule has 0 aromatic heterocycles. The Labute approximate surface area is 109 Å². The van der Waals surface area contributed by atoms with Gasteiger partial charge in [-0.25, -0.2) is 0 Å². The van der Waals surface area contributed by atoms with Gasteiger partial charge in [-0.2, -0.15) is 0 Å². The van der Waals surface area contributed by atoms with Gasteiger partial charge < -0.3 is 5.32 Å². The van der Waals surface area contributed by atoms with Gasteiger partial charge in [0.15, 0.2) is 0 Å². The Morgan fingerprint density at radius 3 is 2.80 bits per heavy atom. The van der Waals surface area contributed by atoms with Crippen molar-refractivity contribution in [2.24, 2.45) is 0 Å². The van der Waals surface area contributed by atoms with Crippen molar-refractivity contribution >= 4 is 39.1 Å². The van der Waals surface area contributed by atoms with Gasteiger partial charge in [0.25, 0.3) is 0 Å². The van der Waals surface area contributed by atoms with Gasteiger partial charge in [0.2, 0.25) is 0 Å². The van der Waals surface area contributed by atoms with E-state index in [0.717, 1.165) is 15.1 Å². The quantitative estimate of drug-likeness (QED) is 0.863. The van der Waals surface area contributed by atoms with Crippen LogP contribution in [0.3, 0.4) is 0 Å². The Bertz CT molecular complexity index is 366. The molecule has 1 unspecified atom stereocenters. The Morgan fingerprint density at radius 1 is 1.60 bits per heavy atom. The predicted octanol–water partition coefficient (Wildman–Crippen LogP) is 4.51. The Morgan fingerprint density at radius 2 is 2.27 bits per heavy atom. The average Bonchev–Trinajstić information content (AvgIpc) is 2.14. The summed E-state index contributed by atoms with van der Waals surface area (Å²) in [5, 5.41) is 4.56. The molecule has 0 amide bonds. The largest absolute Gasteiger partial charge is 0.305 e. The fourth-order valence-corrected chi connectivity index (χ4v) is 2.14. The molecule has 0 radical (unpaired) electrons. The first-order chi connectivity index (χ1) is 7.00. The molecule has 0 saturated heterocycles. The molecule has 0 saturated carbocycles. The lowest BCUT2D eigenvalue weighted by atomic mass is 10.1. The number of rotatable bonds is 4. The van der Waals surface area contributed by atoms with Gasteiger partial charge in [0.05, 0.1) is 0 Å². The maximum absolute atomic E-state index is 6.11. The third-order valence-electron chi connectivity index (χ3n) is 2.03. The zero-order valence-electron chi connectivity index (χ0n) is 8.36. The molecular weight excluding hydrogens is 297 g/mol. The summed E-state index contributed by atoms with van der Waals surface area (Å²) in [5.41, 5.74) is 1.05. The molecule has 0 spiro atoms. The molecular formula is C11H12BrCl2N. The van der Waals surface area contributed by atoms with Gasteiger partial charge in [-0.15, -0.1) is 0 Å². The van der Waals surface area contributed by atoms with E-state index >= 15 is 0 Å². The second-order valence-corrected chi connectivity index (χ2v) is 5.14. The molecule has 1 atom stereocenters. The minimum atomic E-state index is 0.154. The minimum absolute atomic E-state index is 0.154. The molecule has 0 bridgehead atoms. The van der Waals surface area contributed by atoms with E-state index in [-0.39, 0.29) is 6.04 Å². The van der Waals surface area contributed by atoms with Crippen LogP contribution in [0.5, 0.6) is 0 Å². The highest BCUT2D eigenvalue weighted by molar-refractivity contribution is 9.10. The first kappa shape index (κ1) is 13.0. The number of halogens is 3. The third kappa shape index (κ3) is 4.15. The van der Waals surface area contributed by atoms with Crippen LogP contribution >= 0.6 is 39.1 Å². The van der Waals surface area contributed by atoms with E-state index in [1.165, 1.54) is 0 Å². The van der Waals surface area contributed by atoms with Crippen molar-refractivity contribution in [3.8, 4) is 0 Å². The van der Waals surface area contributed by atoms with Crippen molar-refractivity contribution in [1.82, 2.24) is 5.32 Å². The smallest absolute Gasteiger partial charge is 0.0464 e. The summed E-state index contributed by atoms with van der Waals surface area (Å²) in [5.74, 6) is 0. The molecule has 0 fully saturated rings. The van der Waals surface area contributed by atoms with E-state index in [9.17, 15) is 0 Å². The third-order valence-corrected chi connectivity index (χ3v) is 2.98. The standard InChI is InChI=1S/C11H12BrCl2N/c1-7(13)6-15-8(2)10-4-3-9(12)5-11(10)14/h3-5,8,15H,1,6H2,2H3. The molecule has 0 aliphatic carbocycles. The molecule has 82 valence electrons. The Balaban J connectivity index is 2.73. The van der Waals surface area contributed by atoms with Crippen molar-refractivity contribution in [3.05, 3.63) is 44.9 Å². The molecule has 0 aliphatic rings. The van der Waals surface area contributed by atoms with Crippen molar-refractivity contribution in [1.29, 1.82) is 0 Å². The van der Waals surface area contributed by atoms with Crippen LogP contribution in [0.2, 0.25) is 5.02 Å². The van der Waals surface area contributed by atoms with Crippen molar-refractivity contribution in [2.75, 3.05) is 6.54 Å². The maximum atomic E-state index is 6.11. The van der Waals surface area contributed by atoms with E-state index in [0.29, 0.717) is 11.6 Å². The van der Waals surface area contributed by atoms with Crippen LogP contribution in [0.4, 0.5) is 0 Å². The van der Waals surface area contributed by atoms with Crippen LogP contribution in [0.15, 0.2) is 34.3 Å². The van der Waals surface area contributed by atoms with Crippen molar-refractivity contribution in [2.45, 2.75) is 13.0 Å². The fourth-order valence-electron chi connectivity index (χ4n) is 1.23. The number of benzene rings is 1. The molecule has 15 heavy (non-hydrogen) atoms. The molecule has 1 aromatic rings. The topological polar surface area (TPSA) is 12.0 Å². The molecule has 0 aliphatic heterocycles. The van der Waals surface area contributed by atoms with Gasteiger partial charge in [-0.1, -0.05) is 51.8 Å². The van der Waals surface area contributed by atoms with E-state index in [1.54, 1.807) is 0 Å². The fraction of sp³-hybridized carbons (Fsp3) is 0.273. The summed E-state index contributed by atoms with van der Waals surface area (Å²) in [6.07, 6.45) is 0. The molecule has 1 N–H and O–H groups in total. The van der Waals surface area contributed by atoms with E-state index in [1.807, 2.05) is 25.1 Å². The zero-order chi connectivity index (χ0) is 11.4. The zero-order valence-corrected chi connectivity index (χ0v) is 11.5. The first-order valence-corrected chi connectivity index (χ1v) is 6.07. The first-order valence-electron chi connectivity index (χ1n) is 4.52. The molecule has 0 heterocycles. The molecule has 1 rings (SSSR count). The number of hydrogen-bond acceptors (Lipinski definition) is 1. The van der Waals surface area contributed by atoms with Crippen LogP contribution in [0, 0.1) is 0 Å². The summed E-state index contributed by atoms with van der Waals surface area (Å²) in [6.45, 7) is 6.23. The summed E-state index contributed by atoms with van der Waals surface area (Å²) in [6, 6.07) is 5.99. The van der Waals surface area contributed by atoms with Gasteiger partial charge in [-0.3, -0.25) is 0 Å². The summed E-state index contributed by atoms with van der Waals surface area (Å²) >= 11 is 15.2. The maximum Gasteiger partial charge on any atom is 0.0464 e. The number of hydrogen-bond donors (Lipinski definition) is 1. The number of nitrogens with one attached hydrogen (secondary N) is 1. The monoisotopic (exact) mass is 307 g/mol. The summed E-state index contributed by atoms with van der Waals surface area (Å²) in [7, 11) is 0. The minimum Gasteiger partial charge on any atom is -0.305 e. The second-order valence-electron chi connectivity index (χ2n) is 3.29. The lowest BCUT2D eigenvalue weighted by Gasteiger charge is -2.15. The normalized spacial score (nSPS) is 12.5. The highest BCUT2D eigenvalue weighted by Crippen LogP contribution is 2.26. The van der Waals surface area contributed by atoms with E-state index < -0.39 is 0 Å². The lowest BCUT2D eigenvalue weighted by Crippen LogP contribution is -2.20. The SMILES string of the molecule is C=C(Cl)CNC(C)c1ccc(Br)cc1Cl. The second kappa shape index (κ2) is 5.90. The average molecular weight is 309 g/mol. The highest BCUT2D eigenvalue weighted by atomic mass is 79.9. The van der Waals surface area contributed by atoms with Crippen LogP contribution < -0.4 is 5.32 Å². The molecule has 1 aromatic carbocycles. The highest BCUT2D eigenvalue weighted by Gasteiger charge is 2.09. The van der Waals surface area contributed by atoms with Gasteiger partial charge in [-0.05, 0) is 24.6 Å². The lowest BCUT2D eigenvalue weighted by molar-refractivity contribution is 0.614. The Kier molecular flexibility index (Phi) is 5.13. The van der Waals surface area contributed by atoms with Crippen LogP contribution in [0.25, 0.3) is 0 Å². The van der Waals surface area contributed by atoms with Crippen LogP contribution in [-0.4, -0.2) is 6.54 Å². The van der Waals surface area contributed by atoms with E-state index in [4.69, 9.17) is 23.2 Å². The van der Waals surface area contributed by atoms with Gasteiger partial charge in [0.1, 0.15) is 0 Å². The van der Waals surface area contributed by atoms with Crippen molar-refractivity contribution < 1.29 is 0 Å².